The Labute approximate surface area is 107 Å². The van der Waals surface area contributed by atoms with E-state index in [1.165, 1.54) is 42.3 Å². The summed E-state index contributed by atoms with van der Waals surface area (Å²) in [6, 6.07) is 9.07. The van der Waals surface area contributed by atoms with E-state index in [-0.39, 0.29) is 0 Å². The minimum absolute atomic E-state index is 0.664. The minimum atomic E-state index is 0.664. The first-order chi connectivity index (χ1) is 7.79. The Balaban J connectivity index is 1.97. The lowest BCUT2D eigenvalue weighted by atomic mass is 9.84. The van der Waals surface area contributed by atoms with Gasteiger partial charge in [0, 0.05) is 16.2 Å². The zero-order valence-electron chi connectivity index (χ0n) is 9.88. The van der Waals surface area contributed by atoms with Crippen LogP contribution in [0.25, 0.3) is 0 Å². The highest BCUT2D eigenvalue weighted by atomic mass is 79.9. The van der Waals surface area contributed by atoms with E-state index in [2.05, 4.69) is 52.4 Å². The summed E-state index contributed by atoms with van der Waals surface area (Å²) in [4.78, 5) is 0. The fourth-order valence-corrected chi connectivity index (χ4v) is 2.99. The SMILES string of the molecule is CCC1CCCC(Nc2ccccc2Br)C1. The van der Waals surface area contributed by atoms with E-state index in [1.54, 1.807) is 0 Å². The maximum atomic E-state index is 3.67. The van der Waals surface area contributed by atoms with Gasteiger partial charge < -0.3 is 5.32 Å². The third-order valence-corrected chi connectivity index (χ3v) is 4.29. The molecule has 1 aromatic rings. The molecular formula is C14H20BrN. The molecule has 1 N–H and O–H groups in total. The fraction of sp³-hybridized carbons (Fsp3) is 0.571. The number of hydrogen-bond acceptors (Lipinski definition) is 1. The molecule has 2 rings (SSSR count). The lowest BCUT2D eigenvalue weighted by molar-refractivity contribution is 0.327. The first kappa shape index (κ1) is 12.0. The summed E-state index contributed by atoms with van der Waals surface area (Å²) in [6.07, 6.45) is 6.77. The van der Waals surface area contributed by atoms with Crippen LogP contribution in [0.4, 0.5) is 5.69 Å². The Morgan fingerprint density at radius 2 is 2.12 bits per heavy atom. The van der Waals surface area contributed by atoms with Gasteiger partial charge in [0.15, 0.2) is 0 Å². The molecule has 2 unspecified atom stereocenters. The molecule has 0 radical (unpaired) electrons. The molecule has 1 aliphatic carbocycles. The maximum Gasteiger partial charge on any atom is 0.0486 e. The summed E-state index contributed by atoms with van der Waals surface area (Å²) >= 11 is 3.59. The van der Waals surface area contributed by atoms with Gasteiger partial charge in [0.05, 0.1) is 0 Å². The van der Waals surface area contributed by atoms with Gasteiger partial charge in [-0.15, -0.1) is 0 Å². The van der Waals surface area contributed by atoms with Crippen LogP contribution in [0.15, 0.2) is 28.7 Å². The molecule has 1 aromatic carbocycles. The van der Waals surface area contributed by atoms with Crippen molar-refractivity contribution < 1.29 is 0 Å². The van der Waals surface area contributed by atoms with E-state index >= 15 is 0 Å². The van der Waals surface area contributed by atoms with Crippen LogP contribution in [0, 0.1) is 5.92 Å². The molecule has 1 nitrogen and oxygen atoms in total. The van der Waals surface area contributed by atoms with Crippen molar-refractivity contribution in [1.82, 2.24) is 0 Å². The average Bonchev–Trinajstić information content (AvgIpc) is 2.32. The van der Waals surface area contributed by atoms with E-state index in [1.807, 2.05) is 0 Å². The predicted molar refractivity (Wildman–Crippen MR) is 73.8 cm³/mol. The van der Waals surface area contributed by atoms with Gasteiger partial charge >= 0.3 is 0 Å². The third kappa shape index (κ3) is 3.00. The van der Waals surface area contributed by atoms with E-state index < -0.39 is 0 Å². The van der Waals surface area contributed by atoms with E-state index in [0.717, 1.165) is 5.92 Å². The van der Waals surface area contributed by atoms with Gasteiger partial charge in [-0.2, -0.15) is 0 Å². The molecule has 0 amide bonds. The van der Waals surface area contributed by atoms with Crippen molar-refractivity contribution in [2.75, 3.05) is 5.32 Å². The van der Waals surface area contributed by atoms with Gasteiger partial charge in [-0.05, 0) is 46.8 Å². The monoisotopic (exact) mass is 281 g/mol. The van der Waals surface area contributed by atoms with Crippen LogP contribution in [0.2, 0.25) is 0 Å². The van der Waals surface area contributed by atoms with Crippen molar-refractivity contribution in [2.24, 2.45) is 5.92 Å². The molecule has 0 aliphatic heterocycles. The van der Waals surface area contributed by atoms with Crippen molar-refractivity contribution in [2.45, 2.75) is 45.1 Å². The first-order valence-electron chi connectivity index (χ1n) is 6.30. The molecular weight excluding hydrogens is 262 g/mol. The number of anilines is 1. The smallest absolute Gasteiger partial charge is 0.0486 e. The second-order valence-corrected chi connectivity index (χ2v) is 5.62. The molecule has 1 fully saturated rings. The Morgan fingerprint density at radius 3 is 2.88 bits per heavy atom. The molecule has 0 bridgehead atoms. The highest BCUT2D eigenvalue weighted by Crippen LogP contribution is 2.30. The molecule has 88 valence electrons. The maximum absolute atomic E-state index is 3.67. The zero-order chi connectivity index (χ0) is 11.4. The Morgan fingerprint density at radius 1 is 1.31 bits per heavy atom. The number of halogens is 1. The number of nitrogens with one attached hydrogen (secondary N) is 1. The van der Waals surface area contributed by atoms with Crippen molar-refractivity contribution in [1.29, 1.82) is 0 Å². The van der Waals surface area contributed by atoms with Crippen LogP contribution in [0.1, 0.15) is 39.0 Å². The van der Waals surface area contributed by atoms with Crippen molar-refractivity contribution in [3.63, 3.8) is 0 Å². The van der Waals surface area contributed by atoms with Crippen LogP contribution < -0.4 is 5.32 Å². The standard InChI is InChI=1S/C14H20BrN/c1-2-11-6-5-7-12(10-11)16-14-9-4-3-8-13(14)15/h3-4,8-9,11-12,16H,2,5-7,10H2,1H3. The van der Waals surface area contributed by atoms with Crippen molar-refractivity contribution in [3.05, 3.63) is 28.7 Å². The normalized spacial score (nSPS) is 25.4. The Bertz CT molecular complexity index is 337. The van der Waals surface area contributed by atoms with Gasteiger partial charge in [0.1, 0.15) is 0 Å². The predicted octanol–water partition coefficient (Wildman–Crippen LogP) is 4.83. The molecule has 2 atom stereocenters. The van der Waals surface area contributed by atoms with E-state index in [9.17, 15) is 0 Å². The second-order valence-electron chi connectivity index (χ2n) is 4.76. The molecule has 2 heteroatoms. The summed E-state index contributed by atoms with van der Waals surface area (Å²) in [7, 11) is 0. The summed E-state index contributed by atoms with van der Waals surface area (Å²) in [5.41, 5.74) is 1.24. The summed E-state index contributed by atoms with van der Waals surface area (Å²) in [6.45, 7) is 2.31. The quantitative estimate of drug-likeness (QED) is 0.837. The number of rotatable bonds is 3. The van der Waals surface area contributed by atoms with Gasteiger partial charge in [0.25, 0.3) is 0 Å². The molecule has 0 spiro atoms. The lowest BCUT2D eigenvalue weighted by Crippen LogP contribution is -2.27. The highest BCUT2D eigenvalue weighted by Gasteiger charge is 2.20. The van der Waals surface area contributed by atoms with Crippen molar-refractivity contribution >= 4 is 21.6 Å². The molecule has 1 saturated carbocycles. The molecule has 0 saturated heterocycles. The molecule has 0 aromatic heterocycles. The zero-order valence-corrected chi connectivity index (χ0v) is 11.5. The highest BCUT2D eigenvalue weighted by molar-refractivity contribution is 9.10. The first-order valence-corrected chi connectivity index (χ1v) is 7.10. The fourth-order valence-electron chi connectivity index (χ4n) is 2.59. The van der Waals surface area contributed by atoms with Crippen LogP contribution in [0.3, 0.4) is 0 Å². The lowest BCUT2D eigenvalue weighted by Gasteiger charge is -2.30. The van der Waals surface area contributed by atoms with Crippen LogP contribution in [-0.4, -0.2) is 6.04 Å². The Kier molecular flexibility index (Phi) is 4.28. The Hall–Kier alpha value is -0.500. The molecule has 16 heavy (non-hydrogen) atoms. The van der Waals surface area contributed by atoms with Crippen molar-refractivity contribution in [3.8, 4) is 0 Å². The summed E-state index contributed by atoms with van der Waals surface area (Å²) in [5.74, 6) is 0.925. The van der Waals surface area contributed by atoms with Gasteiger partial charge in [-0.1, -0.05) is 38.3 Å². The van der Waals surface area contributed by atoms with Gasteiger partial charge in [0.2, 0.25) is 0 Å². The third-order valence-electron chi connectivity index (χ3n) is 3.59. The van der Waals surface area contributed by atoms with Crippen LogP contribution in [-0.2, 0) is 0 Å². The molecule has 0 heterocycles. The van der Waals surface area contributed by atoms with E-state index in [0.29, 0.717) is 6.04 Å². The van der Waals surface area contributed by atoms with Gasteiger partial charge in [-0.25, -0.2) is 0 Å². The summed E-state index contributed by atoms with van der Waals surface area (Å²) in [5, 5.41) is 3.67. The van der Waals surface area contributed by atoms with Crippen LogP contribution >= 0.6 is 15.9 Å². The number of benzene rings is 1. The number of hydrogen-bond donors (Lipinski definition) is 1. The number of para-hydroxylation sites is 1. The van der Waals surface area contributed by atoms with E-state index in [4.69, 9.17) is 0 Å². The molecule has 1 aliphatic rings. The second kappa shape index (κ2) is 5.72. The van der Waals surface area contributed by atoms with Crippen LogP contribution in [0.5, 0.6) is 0 Å². The van der Waals surface area contributed by atoms with Gasteiger partial charge in [-0.3, -0.25) is 0 Å². The minimum Gasteiger partial charge on any atom is -0.381 e. The average molecular weight is 282 g/mol. The largest absolute Gasteiger partial charge is 0.381 e. The topological polar surface area (TPSA) is 12.0 Å². The summed E-state index contributed by atoms with van der Waals surface area (Å²) < 4.78 is 1.17.